The molecule has 0 spiro atoms. The van der Waals surface area contributed by atoms with E-state index in [2.05, 4.69) is 15.5 Å². The molecule has 7 nitrogen and oxygen atoms in total. The molecule has 25 heavy (non-hydrogen) atoms. The number of aromatic nitrogens is 2. The standard InChI is InChI=1S/C17H17N3O4S/c1-22-12-7-10(8-13(23-2)16(12)24-3)17(21)18-15-9-11(19-20-15)14-5-4-6-25-14/h4-9H,1-3H3,(H2,18,19,20,21). The van der Waals surface area contributed by atoms with Crippen LogP contribution in [0.3, 0.4) is 0 Å². The minimum absolute atomic E-state index is 0.330. The highest BCUT2D eigenvalue weighted by molar-refractivity contribution is 7.13. The lowest BCUT2D eigenvalue weighted by molar-refractivity contribution is 0.102. The van der Waals surface area contributed by atoms with Crippen molar-refractivity contribution in [2.45, 2.75) is 0 Å². The topological polar surface area (TPSA) is 85.5 Å². The van der Waals surface area contributed by atoms with E-state index in [4.69, 9.17) is 14.2 Å². The zero-order valence-electron chi connectivity index (χ0n) is 14.0. The fraction of sp³-hybridized carbons (Fsp3) is 0.176. The van der Waals surface area contributed by atoms with Crippen LogP contribution in [0.4, 0.5) is 5.82 Å². The number of carbonyl (C=O) groups excluding carboxylic acids is 1. The van der Waals surface area contributed by atoms with E-state index in [0.29, 0.717) is 28.6 Å². The minimum Gasteiger partial charge on any atom is -0.493 e. The molecule has 1 aromatic carbocycles. The summed E-state index contributed by atoms with van der Waals surface area (Å²) in [5.74, 6) is 1.36. The number of rotatable bonds is 6. The van der Waals surface area contributed by atoms with Crippen molar-refractivity contribution in [1.29, 1.82) is 0 Å². The molecule has 130 valence electrons. The molecule has 0 saturated carbocycles. The third kappa shape index (κ3) is 3.43. The number of hydrogen-bond donors (Lipinski definition) is 2. The smallest absolute Gasteiger partial charge is 0.257 e. The first kappa shape index (κ1) is 16.8. The second kappa shape index (κ2) is 7.27. The Morgan fingerprint density at radius 2 is 1.84 bits per heavy atom. The van der Waals surface area contributed by atoms with E-state index in [1.54, 1.807) is 29.5 Å². The average Bonchev–Trinajstić information content (AvgIpc) is 3.31. The van der Waals surface area contributed by atoms with Crippen molar-refractivity contribution in [1.82, 2.24) is 10.2 Å². The van der Waals surface area contributed by atoms with E-state index in [1.807, 2.05) is 17.5 Å². The van der Waals surface area contributed by atoms with Gasteiger partial charge < -0.3 is 19.5 Å². The van der Waals surface area contributed by atoms with Crippen molar-refractivity contribution in [2.75, 3.05) is 26.6 Å². The molecule has 2 N–H and O–H groups in total. The first-order valence-corrected chi connectivity index (χ1v) is 8.25. The zero-order chi connectivity index (χ0) is 17.8. The summed E-state index contributed by atoms with van der Waals surface area (Å²) < 4.78 is 15.8. The number of ether oxygens (including phenoxy) is 3. The van der Waals surface area contributed by atoms with Gasteiger partial charge in [-0.15, -0.1) is 11.3 Å². The summed E-state index contributed by atoms with van der Waals surface area (Å²) >= 11 is 1.59. The first-order chi connectivity index (χ1) is 12.2. The van der Waals surface area contributed by atoms with Crippen LogP contribution in [0, 0.1) is 0 Å². The predicted octanol–water partition coefficient (Wildman–Crippen LogP) is 3.42. The van der Waals surface area contributed by atoms with E-state index in [1.165, 1.54) is 21.3 Å². The van der Waals surface area contributed by atoms with Gasteiger partial charge in [0.1, 0.15) is 0 Å². The number of amides is 1. The van der Waals surface area contributed by atoms with Crippen LogP contribution >= 0.6 is 11.3 Å². The highest BCUT2D eigenvalue weighted by atomic mass is 32.1. The number of aromatic amines is 1. The summed E-state index contributed by atoms with van der Waals surface area (Å²) in [4.78, 5) is 13.6. The van der Waals surface area contributed by atoms with Crippen LogP contribution in [0.1, 0.15) is 10.4 Å². The average molecular weight is 359 g/mol. The van der Waals surface area contributed by atoms with Crippen LogP contribution in [0.2, 0.25) is 0 Å². The van der Waals surface area contributed by atoms with Crippen molar-refractivity contribution in [3.05, 3.63) is 41.3 Å². The largest absolute Gasteiger partial charge is 0.493 e. The molecule has 3 rings (SSSR count). The van der Waals surface area contributed by atoms with Gasteiger partial charge in [0.25, 0.3) is 5.91 Å². The summed E-state index contributed by atoms with van der Waals surface area (Å²) in [6, 6.07) is 8.88. The highest BCUT2D eigenvalue weighted by Gasteiger charge is 2.18. The van der Waals surface area contributed by atoms with E-state index < -0.39 is 0 Å². The number of thiophene rings is 1. The molecule has 1 amide bonds. The Morgan fingerprint density at radius 3 is 2.40 bits per heavy atom. The van der Waals surface area contributed by atoms with E-state index in [0.717, 1.165) is 10.6 Å². The Kier molecular flexibility index (Phi) is 4.90. The van der Waals surface area contributed by atoms with Crippen LogP contribution in [0.5, 0.6) is 17.2 Å². The highest BCUT2D eigenvalue weighted by Crippen LogP contribution is 2.38. The fourth-order valence-electron chi connectivity index (χ4n) is 2.34. The van der Waals surface area contributed by atoms with Gasteiger partial charge in [-0.3, -0.25) is 9.89 Å². The third-order valence-corrected chi connectivity index (χ3v) is 4.44. The van der Waals surface area contributed by atoms with E-state index >= 15 is 0 Å². The molecule has 0 fully saturated rings. The number of hydrogen-bond acceptors (Lipinski definition) is 6. The molecule has 0 aliphatic rings. The summed E-state index contributed by atoms with van der Waals surface area (Å²) in [7, 11) is 4.51. The Hall–Kier alpha value is -3.00. The van der Waals surface area contributed by atoms with E-state index in [-0.39, 0.29) is 5.91 Å². The second-order valence-electron chi connectivity index (χ2n) is 5.01. The second-order valence-corrected chi connectivity index (χ2v) is 5.96. The molecular weight excluding hydrogens is 342 g/mol. The molecule has 0 atom stereocenters. The molecule has 0 unspecified atom stereocenters. The van der Waals surface area contributed by atoms with Gasteiger partial charge in [0.2, 0.25) is 5.75 Å². The summed E-state index contributed by atoms with van der Waals surface area (Å²) in [5.41, 5.74) is 1.21. The molecular formula is C17H17N3O4S. The van der Waals surface area contributed by atoms with Gasteiger partial charge in [-0.25, -0.2) is 0 Å². The molecule has 8 heteroatoms. The van der Waals surface area contributed by atoms with Crippen LogP contribution < -0.4 is 19.5 Å². The normalized spacial score (nSPS) is 10.4. The van der Waals surface area contributed by atoms with Gasteiger partial charge in [0.15, 0.2) is 17.3 Å². The molecule has 2 heterocycles. The first-order valence-electron chi connectivity index (χ1n) is 7.37. The Bertz CT molecular complexity index is 849. The number of nitrogens with one attached hydrogen (secondary N) is 2. The predicted molar refractivity (Wildman–Crippen MR) is 96.0 cm³/mol. The molecule has 3 aromatic rings. The van der Waals surface area contributed by atoms with Crippen LogP contribution in [-0.4, -0.2) is 37.4 Å². The number of carbonyl (C=O) groups is 1. The van der Waals surface area contributed by atoms with Crippen molar-refractivity contribution >= 4 is 23.1 Å². The van der Waals surface area contributed by atoms with Crippen molar-refractivity contribution in [3.63, 3.8) is 0 Å². The fourth-order valence-corrected chi connectivity index (χ4v) is 3.04. The quantitative estimate of drug-likeness (QED) is 0.704. The lowest BCUT2D eigenvalue weighted by atomic mass is 10.1. The van der Waals surface area contributed by atoms with Crippen LogP contribution in [0.25, 0.3) is 10.6 Å². The minimum atomic E-state index is -0.330. The van der Waals surface area contributed by atoms with Crippen molar-refractivity contribution in [3.8, 4) is 27.8 Å². The lowest BCUT2D eigenvalue weighted by Gasteiger charge is -2.13. The number of benzene rings is 1. The molecule has 0 aliphatic carbocycles. The van der Waals surface area contributed by atoms with Gasteiger partial charge >= 0.3 is 0 Å². The number of methoxy groups -OCH3 is 3. The molecule has 0 saturated heterocycles. The number of nitrogens with zero attached hydrogens (tertiary/aromatic N) is 1. The van der Waals surface area contributed by atoms with Crippen molar-refractivity contribution in [2.24, 2.45) is 0 Å². The molecule has 0 aliphatic heterocycles. The maximum Gasteiger partial charge on any atom is 0.257 e. The van der Waals surface area contributed by atoms with Gasteiger partial charge in [0, 0.05) is 11.6 Å². The number of H-pyrrole nitrogens is 1. The zero-order valence-corrected chi connectivity index (χ0v) is 14.8. The maximum atomic E-state index is 12.5. The SMILES string of the molecule is COc1cc(C(=O)Nc2cc(-c3cccs3)[nH]n2)cc(OC)c1OC. The van der Waals surface area contributed by atoms with Gasteiger partial charge in [-0.1, -0.05) is 6.07 Å². The monoisotopic (exact) mass is 359 g/mol. The van der Waals surface area contributed by atoms with E-state index in [9.17, 15) is 4.79 Å². The maximum absolute atomic E-state index is 12.5. The summed E-state index contributed by atoms with van der Waals surface area (Å²) in [5, 5.41) is 11.8. The van der Waals surface area contributed by atoms with Crippen LogP contribution in [-0.2, 0) is 0 Å². The molecule has 0 radical (unpaired) electrons. The molecule has 0 bridgehead atoms. The Labute approximate surface area is 148 Å². The molecule has 2 aromatic heterocycles. The van der Waals surface area contributed by atoms with Crippen LogP contribution in [0.15, 0.2) is 35.7 Å². The Balaban J connectivity index is 1.84. The Morgan fingerprint density at radius 1 is 1.12 bits per heavy atom. The third-order valence-electron chi connectivity index (χ3n) is 3.53. The van der Waals surface area contributed by atoms with Crippen molar-refractivity contribution < 1.29 is 19.0 Å². The summed E-state index contributed by atoms with van der Waals surface area (Å²) in [6.45, 7) is 0. The van der Waals surface area contributed by atoms with Gasteiger partial charge in [0.05, 0.1) is 31.9 Å². The lowest BCUT2D eigenvalue weighted by Crippen LogP contribution is -2.13. The van der Waals surface area contributed by atoms with Gasteiger partial charge in [-0.2, -0.15) is 5.10 Å². The van der Waals surface area contributed by atoms with Gasteiger partial charge in [-0.05, 0) is 23.6 Å². The number of anilines is 1. The summed E-state index contributed by atoms with van der Waals surface area (Å²) in [6.07, 6.45) is 0.